The maximum absolute atomic E-state index is 5.66. The lowest BCUT2D eigenvalue weighted by atomic mass is 10.3. The quantitative estimate of drug-likeness (QED) is 0.779. The van der Waals surface area contributed by atoms with Gasteiger partial charge in [0, 0.05) is 13.2 Å². The normalized spacial score (nSPS) is 10.2. The predicted octanol–water partition coefficient (Wildman–Crippen LogP) is 2.25. The van der Waals surface area contributed by atoms with Crippen LogP contribution in [0.15, 0.2) is 36.5 Å². The van der Waals surface area contributed by atoms with E-state index >= 15 is 0 Å². The first-order valence-corrected chi connectivity index (χ1v) is 5.82. The highest BCUT2D eigenvalue weighted by molar-refractivity contribution is 6.16. The summed E-state index contributed by atoms with van der Waals surface area (Å²) < 4.78 is 0. The van der Waals surface area contributed by atoms with Gasteiger partial charge < -0.3 is 4.90 Å². The minimum Gasteiger partial charge on any atom is -0.352 e. The van der Waals surface area contributed by atoms with Gasteiger partial charge in [0.25, 0.3) is 0 Å². The molecular formula is C12H13ClN4. The van der Waals surface area contributed by atoms with Crippen LogP contribution >= 0.6 is 11.6 Å². The van der Waals surface area contributed by atoms with E-state index in [1.165, 1.54) is 0 Å². The van der Waals surface area contributed by atoms with Gasteiger partial charge in [0.1, 0.15) is 0 Å². The summed E-state index contributed by atoms with van der Waals surface area (Å²) in [4.78, 5) is 6.26. The predicted molar refractivity (Wildman–Crippen MR) is 67.9 cm³/mol. The Morgan fingerprint density at radius 1 is 1.12 bits per heavy atom. The smallest absolute Gasteiger partial charge is 0.151 e. The zero-order valence-corrected chi connectivity index (χ0v) is 10.3. The molecule has 2 rings (SSSR count). The van der Waals surface area contributed by atoms with Crippen LogP contribution in [0.5, 0.6) is 0 Å². The third-order valence-electron chi connectivity index (χ3n) is 2.36. The number of nitrogens with zero attached hydrogens (tertiary/aromatic N) is 4. The van der Waals surface area contributed by atoms with Crippen molar-refractivity contribution in [1.82, 2.24) is 15.2 Å². The molecule has 0 atom stereocenters. The molecule has 0 saturated heterocycles. The maximum atomic E-state index is 5.66. The lowest BCUT2D eigenvalue weighted by Gasteiger charge is -2.16. The van der Waals surface area contributed by atoms with Crippen LogP contribution < -0.4 is 4.90 Å². The fourth-order valence-electron chi connectivity index (χ4n) is 1.44. The van der Waals surface area contributed by atoms with Crippen molar-refractivity contribution in [1.29, 1.82) is 0 Å². The number of pyridine rings is 1. The van der Waals surface area contributed by atoms with Gasteiger partial charge in [-0.2, -0.15) is 5.10 Å². The van der Waals surface area contributed by atoms with Crippen LogP contribution in [0, 0.1) is 0 Å². The van der Waals surface area contributed by atoms with Gasteiger partial charge in [-0.15, -0.1) is 16.7 Å². The van der Waals surface area contributed by atoms with Gasteiger partial charge in [-0.3, -0.25) is 4.98 Å². The molecule has 2 aromatic rings. The SMILES string of the molecule is CN(Cc1ccccn1)c1ccc(CCl)nn1. The van der Waals surface area contributed by atoms with Crippen LogP contribution in [0.4, 0.5) is 5.82 Å². The molecule has 0 bridgehead atoms. The highest BCUT2D eigenvalue weighted by Gasteiger charge is 2.04. The summed E-state index contributed by atoms with van der Waals surface area (Å²) in [6.45, 7) is 0.704. The molecule has 0 radical (unpaired) electrons. The monoisotopic (exact) mass is 248 g/mol. The van der Waals surface area contributed by atoms with Gasteiger partial charge in [-0.25, -0.2) is 0 Å². The molecule has 0 aliphatic rings. The number of anilines is 1. The van der Waals surface area contributed by atoms with E-state index in [4.69, 9.17) is 11.6 Å². The Morgan fingerprint density at radius 2 is 2.00 bits per heavy atom. The molecule has 5 heteroatoms. The minimum absolute atomic E-state index is 0.386. The Labute approximate surface area is 105 Å². The molecule has 0 spiro atoms. The van der Waals surface area contributed by atoms with E-state index in [2.05, 4.69) is 15.2 Å². The van der Waals surface area contributed by atoms with Gasteiger partial charge >= 0.3 is 0 Å². The van der Waals surface area contributed by atoms with Gasteiger partial charge in [-0.1, -0.05) is 6.07 Å². The average molecular weight is 249 g/mol. The van der Waals surface area contributed by atoms with E-state index in [1.54, 1.807) is 6.20 Å². The van der Waals surface area contributed by atoms with Gasteiger partial charge in [-0.05, 0) is 24.3 Å². The molecule has 2 heterocycles. The average Bonchev–Trinajstić information content (AvgIpc) is 2.40. The van der Waals surface area contributed by atoms with E-state index in [1.807, 2.05) is 42.3 Å². The molecule has 4 nitrogen and oxygen atoms in total. The molecule has 0 aliphatic carbocycles. The Balaban J connectivity index is 2.06. The van der Waals surface area contributed by atoms with Crippen LogP contribution in [0.3, 0.4) is 0 Å². The first-order chi connectivity index (χ1) is 8.29. The van der Waals surface area contributed by atoms with Crippen molar-refractivity contribution >= 4 is 17.4 Å². The van der Waals surface area contributed by atoms with E-state index in [0.29, 0.717) is 12.4 Å². The second-order valence-electron chi connectivity index (χ2n) is 3.69. The summed E-state index contributed by atoms with van der Waals surface area (Å²) in [7, 11) is 1.96. The molecule has 2 aromatic heterocycles. The molecule has 0 fully saturated rings. The lowest BCUT2D eigenvalue weighted by Crippen LogP contribution is -2.18. The zero-order chi connectivity index (χ0) is 12.1. The minimum atomic E-state index is 0.386. The molecule has 0 N–H and O–H groups in total. The van der Waals surface area contributed by atoms with Gasteiger partial charge in [0.05, 0.1) is 23.8 Å². The molecule has 88 valence electrons. The van der Waals surface area contributed by atoms with Crippen LogP contribution in [-0.4, -0.2) is 22.2 Å². The summed E-state index contributed by atoms with van der Waals surface area (Å²) in [5.41, 5.74) is 1.78. The van der Waals surface area contributed by atoms with Crippen LogP contribution in [-0.2, 0) is 12.4 Å². The lowest BCUT2D eigenvalue weighted by molar-refractivity contribution is 0.834. The van der Waals surface area contributed by atoms with Gasteiger partial charge in [0.15, 0.2) is 5.82 Å². The fourth-order valence-corrected chi connectivity index (χ4v) is 1.59. The summed E-state index contributed by atoms with van der Waals surface area (Å²) in [6.07, 6.45) is 1.78. The highest BCUT2D eigenvalue weighted by Crippen LogP contribution is 2.11. The second kappa shape index (κ2) is 5.59. The summed E-state index contributed by atoms with van der Waals surface area (Å²) in [5.74, 6) is 1.20. The summed E-state index contributed by atoms with van der Waals surface area (Å²) in [6, 6.07) is 9.64. The fraction of sp³-hybridized carbons (Fsp3) is 0.250. The molecule has 0 amide bonds. The van der Waals surface area contributed by atoms with E-state index in [9.17, 15) is 0 Å². The molecule has 0 saturated carbocycles. The van der Waals surface area contributed by atoms with Crippen molar-refractivity contribution in [2.75, 3.05) is 11.9 Å². The van der Waals surface area contributed by atoms with Crippen LogP contribution in [0.2, 0.25) is 0 Å². The van der Waals surface area contributed by atoms with Crippen LogP contribution in [0.25, 0.3) is 0 Å². The molecule has 0 aromatic carbocycles. The van der Waals surface area contributed by atoms with Crippen molar-refractivity contribution in [3.63, 3.8) is 0 Å². The Kier molecular flexibility index (Phi) is 3.88. The molecule has 17 heavy (non-hydrogen) atoms. The number of aromatic nitrogens is 3. The number of rotatable bonds is 4. The standard InChI is InChI=1S/C12H13ClN4/c1-17(9-11-4-2-3-7-14-11)12-6-5-10(8-13)15-16-12/h2-7H,8-9H2,1H3. The number of alkyl halides is 1. The van der Waals surface area contributed by atoms with Crippen molar-refractivity contribution in [3.05, 3.63) is 47.9 Å². The van der Waals surface area contributed by atoms with E-state index in [-0.39, 0.29) is 0 Å². The second-order valence-corrected chi connectivity index (χ2v) is 3.96. The Bertz CT molecular complexity index is 458. The molecule has 0 unspecified atom stereocenters. The summed E-state index contributed by atoms with van der Waals surface area (Å²) in [5, 5.41) is 8.13. The first-order valence-electron chi connectivity index (χ1n) is 5.29. The number of hydrogen-bond acceptors (Lipinski definition) is 4. The van der Waals surface area contributed by atoms with E-state index < -0.39 is 0 Å². The highest BCUT2D eigenvalue weighted by atomic mass is 35.5. The molecule has 0 aliphatic heterocycles. The largest absolute Gasteiger partial charge is 0.352 e. The summed E-state index contributed by atoms with van der Waals surface area (Å²) >= 11 is 5.66. The maximum Gasteiger partial charge on any atom is 0.151 e. The zero-order valence-electron chi connectivity index (χ0n) is 9.55. The van der Waals surface area contributed by atoms with E-state index in [0.717, 1.165) is 17.2 Å². The molecular weight excluding hydrogens is 236 g/mol. The van der Waals surface area contributed by atoms with Gasteiger partial charge in [0.2, 0.25) is 0 Å². The first kappa shape index (κ1) is 11.8. The third-order valence-corrected chi connectivity index (χ3v) is 2.63. The Morgan fingerprint density at radius 3 is 2.59 bits per heavy atom. The number of hydrogen-bond donors (Lipinski definition) is 0. The number of halogens is 1. The Hall–Kier alpha value is -1.68. The van der Waals surface area contributed by atoms with Crippen molar-refractivity contribution in [2.45, 2.75) is 12.4 Å². The topological polar surface area (TPSA) is 41.9 Å². The van der Waals surface area contributed by atoms with Crippen molar-refractivity contribution in [3.8, 4) is 0 Å². The third kappa shape index (κ3) is 3.14. The van der Waals surface area contributed by atoms with Crippen molar-refractivity contribution in [2.24, 2.45) is 0 Å². The van der Waals surface area contributed by atoms with Crippen molar-refractivity contribution < 1.29 is 0 Å². The van der Waals surface area contributed by atoms with Crippen LogP contribution in [0.1, 0.15) is 11.4 Å².